The van der Waals surface area contributed by atoms with Crippen LogP contribution in [0.4, 0.5) is 5.69 Å². The van der Waals surface area contributed by atoms with Crippen LogP contribution in [-0.2, 0) is 0 Å². The highest BCUT2D eigenvalue weighted by Crippen LogP contribution is 2.26. The third-order valence-corrected chi connectivity index (χ3v) is 4.62. The van der Waals surface area contributed by atoms with E-state index < -0.39 is 0 Å². The first-order valence-corrected chi connectivity index (χ1v) is 9.08. The minimum Gasteiger partial charge on any atom is -0.436 e. The molecule has 0 fully saturated rings. The lowest BCUT2D eigenvalue weighted by Gasteiger charge is -2.11. The van der Waals surface area contributed by atoms with Crippen LogP contribution in [0.25, 0.3) is 34.7 Å². The van der Waals surface area contributed by atoms with E-state index in [1.807, 2.05) is 38.4 Å². The normalized spacial score (nSPS) is 11.4. The lowest BCUT2D eigenvalue weighted by molar-refractivity contribution is 0.620. The molecular weight excluding hydrogens is 356 g/mol. The SMILES string of the molecule is CN(C)c1ccc(/C=C/c2ccc(-c3nc4cc(Cl)ccc4o3)cc2)cc1. The number of benzene rings is 3. The molecule has 1 heterocycles. The first-order valence-electron chi connectivity index (χ1n) is 8.70. The van der Waals surface area contributed by atoms with Gasteiger partial charge in [-0.1, -0.05) is 48.0 Å². The monoisotopic (exact) mass is 374 g/mol. The first-order chi connectivity index (χ1) is 13.1. The average molecular weight is 375 g/mol. The Kier molecular flexibility index (Phi) is 4.69. The van der Waals surface area contributed by atoms with Gasteiger partial charge < -0.3 is 9.32 Å². The minimum absolute atomic E-state index is 0.599. The molecule has 0 bridgehead atoms. The van der Waals surface area contributed by atoms with Gasteiger partial charge in [-0.15, -0.1) is 0 Å². The van der Waals surface area contributed by atoms with Gasteiger partial charge in [0.2, 0.25) is 5.89 Å². The number of hydrogen-bond donors (Lipinski definition) is 0. The fourth-order valence-corrected chi connectivity index (χ4v) is 3.00. The van der Waals surface area contributed by atoms with E-state index in [9.17, 15) is 0 Å². The molecular formula is C23H19ClN2O. The fraction of sp³-hybridized carbons (Fsp3) is 0.0870. The molecule has 0 radical (unpaired) electrons. The van der Waals surface area contributed by atoms with Gasteiger partial charge in [-0.3, -0.25) is 0 Å². The first kappa shape index (κ1) is 17.4. The summed E-state index contributed by atoms with van der Waals surface area (Å²) in [4.78, 5) is 6.61. The standard InChI is InChI=1S/C23H19ClN2O/c1-26(2)20-12-7-17(8-13-20)4-3-16-5-9-18(10-6-16)23-25-21-15-19(24)11-14-22(21)27-23/h3-15H,1-2H3/b4-3+. The molecule has 0 unspecified atom stereocenters. The summed E-state index contributed by atoms with van der Waals surface area (Å²) in [7, 11) is 4.08. The second kappa shape index (κ2) is 7.29. The van der Waals surface area contributed by atoms with E-state index in [-0.39, 0.29) is 0 Å². The predicted octanol–water partition coefficient (Wildman–Crippen LogP) is 6.38. The van der Waals surface area contributed by atoms with Crippen LogP contribution >= 0.6 is 11.6 Å². The van der Waals surface area contributed by atoms with Gasteiger partial charge in [0.25, 0.3) is 0 Å². The van der Waals surface area contributed by atoms with Gasteiger partial charge in [0.1, 0.15) is 5.52 Å². The van der Waals surface area contributed by atoms with Gasteiger partial charge in [-0.2, -0.15) is 0 Å². The van der Waals surface area contributed by atoms with E-state index in [4.69, 9.17) is 16.0 Å². The van der Waals surface area contributed by atoms with Crippen molar-refractivity contribution in [2.45, 2.75) is 0 Å². The van der Waals surface area contributed by atoms with Crippen LogP contribution in [-0.4, -0.2) is 19.1 Å². The van der Waals surface area contributed by atoms with Gasteiger partial charge in [0.05, 0.1) is 0 Å². The van der Waals surface area contributed by atoms with E-state index >= 15 is 0 Å². The molecule has 134 valence electrons. The van der Waals surface area contributed by atoms with Crippen molar-refractivity contribution in [2.24, 2.45) is 0 Å². The lowest BCUT2D eigenvalue weighted by atomic mass is 10.1. The highest BCUT2D eigenvalue weighted by atomic mass is 35.5. The number of anilines is 1. The Labute approximate surface area is 163 Å². The van der Waals surface area contributed by atoms with Gasteiger partial charge in [0.15, 0.2) is 5.58 Å². The summed E-state index contributed by atoms with van der Waals surface area (Å²) in [6.07, 6.45) is 4.20. The third-order valence-electron chi connectivity index (χ3n) is 4.38. The number of nitrogens with zero attached hydrogens (tertiary/aromatic N) is 2. The maximum atomic E-state index is 6.01. The van der Waals surface area contributed by atoms with Crippen molar-refractivity contribution in [1.82, 2.24) is 4.98 Å². The summed E-state index contributed by atoms with van der Waals surface area (Å²) < 4.78 is 5.82. The summed E-state index contributed by atoms with van der Waals surface area (Å²) in [5.41, 5.74) is 5.92. The maximum Gasteiger partial charge on any atom is 0.227 e. The van der Waals surface area contributed by atoms with Crippen molar-refractivity contribution in [3.8, 4) is 11.5 Å². The molecule has 4 rings (SSSR count). The number of halogens is 1. The Hall–Kier alpha value is -3.04. The highest BCUT2D eigenvalue weighted by molar-refractivity contribution is 6.31. The van der Waals surface area contributed by atoms with Crippen LogP contribution in [0, 0.1) is 0 Å². The van der Waals surface area contributed by atoms with Gasteiger partial charge in [-0.05, 0) is 53.6 Å². The number of fused-ring (bicyclic) bond motifs is 1. The Morgan fingerprint density at radius 2 is 1.48 bits per heavy atom. The Bertz CT molecular complexity index is 1090. The quantitative estimate of drug-likeness (QED) is 0.388. The summed E-state index contributed by atoms with van der Waals surface area (Å²) in [5, 5.41) is 0.654. The van der Waals surface area contributed by atoms with Crippen LogP contribution in [0.1, 0.15) is 11.1 Å². The number of rotatable bonds is 4. The van der Waals surface area contributed by atoms with Crippen molar-refractivity contribution in [1.29, 1.82) is 0 Å². The molecule has 27 heavy (non-hydrogen) atoms. The van der Waals surface area contributed by atoms with Crippen molar-refractivity contribution in [3.05, 3.63) is 82.9 Å². The summed E-state index contributed by atoms with van der Waals surface area (Å²) in [6.45, 7) is 0. The van der Waals surface area contributed by atoms with Crippen LogP contribution in [0.3, 0.4) is 0 Å². The van der Waals surface area contributed by atoms with E-state index in [0.717, 1.165) is 22.2 Å². The summed E-state index contributed by atoms with van der Waals surface area (Å²) >= 11 is 6.01. The maximum absolute atomic E-state index is 6.01. The number of aromatic nitrogens is 1. The highest BCUT2D eigenvalue weighted by Gasteiger charge is 2.08. The molecule has 0 amide bonds. The molecule has 3 aromatic carbocycles. The molecule has 0 saturated heterocycles. The molecule has 0 aliphatic heterocycles. The van der Waals surface area contributed by atoms with Crippen molar-refractivity contribution in [2.75, 3.05) is 19.0 Å². The predicted molar refractivity (Wildman–Crippen MR) is 114 cm³/mol. The van der Waals surface area contributed by atoms with Crippen molar-refractivity contribution >= 4 is 40.5 Å². The zero-order chi connectivity index (χ0) is 18.8. The van der Waals surface area contributed by atoms with Gasteiger partial charge >= 0.3 is 0 Å². The Morgan fingerprint density at radius 3 is 2.11 bits per heavy atom. The molecule has 1 aromatic heterocycles. The molecule has 0 aliphatic carbocycles. The Morgan fingerprint density at radius 1 is 0.852 bits per heavy atom. The summed E-state index contributed by atoms with van der Waals surface area (Å²) in [6, 6.07) is 22.1. The topological polar surface area (TPSA) is 29.3 Å². The fourth-order valence-electron chi connectivity index (χ4n) is 2.84. The number of oxazole rings is 1. The molecule has 4 aromatic rings. The zero-order valence-corrected chi connectivity index (χ0v) is 15.9. The van der Waals surface area contributed by atoms with Gasteiger partial charge in [-0.25, -0.2) is 4.98 Å². The molecule has 0 spiro atoms. The van der Waals surface area contributed by atoms with Crippen molar-refractivity contribution < 1.29 is 4.42 Å². The van der Waals surface area contributed by atoms with Gasteiger partial charge in [0, 0.05) is 30.4 Å². The summed E-state index contributed by atoms with van der Waals surface area (Å²) in [5.74, 6) is 0.599. The van der Waals surface area contributed by atoms with Crippen LogP contribution in [0.5, 0.6) is 0 Å². The largest absolute Gasteiger partial charge is 0.436 e. The van der Waals surface area contributed by atoms with E-state index in [2.05, 4.69) is 58.4 Å². The van der Waals surface area contributed by atoms with Crippen LogP contribution in [0.2, 0.25) is 5.02 Å². The second-order valence-electron chi connectivity index (χ2n) is 6.57. The molecule has 3 nitrogen and oxygen atoms in total. The van der Waals surface area contributed by atoms with E-state index in [0.29, 0.717) is 10.9 Å². The molecule has 0 aliphatic rings. The lowest BCUT2D eigenvalue weighted by Crippen LogP contribution is -2.07. The smallest absolute Gasteiger partial charge is 0.227 e. The van der Waals surface area contributed by atoms with Crippen LogP contribution in [0.15, 0.2) is 71.1 Å². The van der Waals surface area contributed by atoms with E-state index in [1.165, 1.54) is 11.3 Å². The number of hydrogen-bond acceptors (Lipinski definition) is 3. The van der Waals surface area contributed by atoms with Crippen molar-refractivity contribution in [3.63, 3.8) is 0 Å². The van der Waals surface area contributed by atoms with Crippen LogP contribution < -0.4 is 4.90 Å². The zero-order valence-electron chi connectivity index (χ0n) is 15.2. The Balaban J connectivity index is 1.52. The molecule has 0 N–H and O–H groups in total. The molecule has 4 heteroatoms. The van der Waals surface area contributed by atoms with E-state index in [1.54, 1.807) is 6.07 Å². The minimum atomic E-state index is 0.599. The third kappa shape index (κ3) is 3.88. The molecule has 0 atom stereocenters. The second-order valence-corrected chi connectivity index (χ2v) is 7.01. The average Bonchev–Trinajstić information content (AvgIpc) is 3.10. The molecule has 0 saturated carbocycles.